The first-order valence-electron chi connectivity index (χ1n) is 7.42. The van der Waals surface area contributed by atoms with E-state index in [0.29, 0.717) is 26.5 Å². The Morgan fingerprint density at radius 1 is 1.28 bits per heavy atom. The van der Waals surface area contributed by atoms with E-state index >= 15 is 0 Å². The van der Waals surface area contributed by atoms with E-state index in [1.165, 1.54) is 7.11 Å². The van der Waals surface area contributed by atoms with Gasteiger partial charge in [-0.15, -0.1) is 0 Å². The molecular formula is C19H18BrFN2O2. The lowest BCUT2D eigenvalue weighted by Gasteiger charge is -2.12. The van der Waals surface area contributed by atoms with Gasteiger partial charge in [-0.25, -0.2) is 9.18 Å². The van der Waals surface area contributed by atoms with Gasteiger partial charge in [0.2, 0.25) is 0 Å². The first-order chi connectivity index (χ1) is 11.9. The van der Waals surface area contributed by atoms with E-state index in [4.69, 9.17) is 4.74 Å². The molecule has 2 amide bonds. The van der Waals surface area contributed by atoms with Crippen molar-refractivity contribution in [1.29, 1.82) is 0 Å². The highest BCUT2D eigenvalue weighted by Crippen LogP contribution is 2.31. The predicted molar refractivity (Wildman–Crippen MR) is 104 cm³/mol. The Kier molecular flexibility index (Phi) is 6.36. The number of rotatable bonds is 6. The number of hydrogen-bond donors (Lipinski definition) is 2. The lowest BCUT2D eigenvalue weighted by Crippen LogP contribution is -2.30. The molecule has 0 spiro atoms. The van der Waals surface area contributed by atoms with Crippen LogP contribution in [0.15, 0.2) is 65.7 Å². The molecule has 0 saturated carbocycles. The number of ether oxygens (including phenoxy) is 1. The lowest BCUT2D eigenvalue weighted by atomic mass is 10.1. The molecule has 0 aliphatic rings. The van der Waals surface area contributed by atoms with Gasteiger partial charge in [0, 0.05) is 16.4 Å². The summed E-state index contributed by atoms with van der Waals surface area (Å²) in [6, 6.07) is 7.97. The Morgan fingerprint density at radius 2 is 2.04 bits per heavy atom. The normalized spacial score (nSPS) is 10.7. The minimum absolute atomic E-state index is 0.121. The Balaban J connectivity index is 2.13. The van der Waals surface area contributed by atoms with Crippen molar-refractivity contribution >= 4 is 38.4 Å². The second-order valence-corrected chi connectivity index (χ2v) is 6.25. The minimum Gasteiger partial charge on any atom is -0.494 e. The van der Waals surface area contributed by atoms with Crippen LogP contribution in [-0.4, -0.2) is 19.7 Å². The lowest BCUT2D eigenvalue weighted by molar-refractivity contribution is 0.253. The van der Waals surface area contributed by atoms with Crippen molar-refractivity contribution in [3.8, 4) is 5.75 Å². The number of hydrogen-bond acceptors (Lipinski definition) is 2. The van der Waals surface area contributed by atoms with Gasteiger partial charge in [0.15, 0.2) is 11.6 Å². The van der Waals surface area contributed by atoms with Gasteiger partial charge in [0.1, 0.15) is 0 Å². The number of urea groups is 1. The van der Waals surface area contributed by atoms with E-state index < -0.39 is 11.8 Å². The summed E-state index contributed by atoms with van der Waals surface area (Å²) in [7, 11) is 1.40. The van der Waals surface area contributed by atoms with E-state index in [0.717, 1.165) is 0 Å². The van der Waals surface area contributed by atoms with Crippen LogP contribution < -0.4 is 15.4 Å². The zero-order valence-corrected chi connectivity index (χ0v) is 15.3. The monoisotopic (exact) mass is 404 g/mol. The van der Waals surface area contributed by atoms with Crippen LogP contribution in [0, 0.1) is 5.82 Å². The maximum Gasteiger partial charge on any atom is 0.319 e. The molecular weight excluding hydrogens is 387 g/mol. The van der Waals surface area contributed by atoms with Crippen LogP contribution in [-0.2, 0) is 0 Å². The number of methoxy groups -OCH3 is 1. The number of halogens is 2. The number of benzene rings is 2. The molecule has 0 aliphatic heterocycles. The average molecular weight is 405 g/mol. The van der Waals surface area contributed by atoms with E-state index in [1.54, 1.807) is 42.5 Å². The molecule has 4 nitrogen and oxygen atoms in total. The Labute approximate surface area is 154 Å². The molecule has 25 heavy (non-hydrogen) atoms. The van der Waals surface area contributed by atoms with Crippen molar-refractivity contribution in [2.75, 3.05) is 19.0 Å². The van der Waals surface area contributed by atoms with Crippen molar-refractivity contribution in [3.63, 3.8) is 0 Å². The number of anilines is 1. The quantitative estimate of drug-likeness (QED) is 0.655. The minimum atomic E-state index is -0.515. The van der Waals surface area contributed by atoms with Gasteiger partial charge in [-0.2, -0.15) is 0 Å². The fraction of sp³-hybridized carbons (Fsp3) is 0.105. The molecule has 130 valence electrons. The zero-order valence-electron chi connectivity index (χ0n) is 13.7. The summed E-state index contributed by atoms with van der Waals surface area (Å²) in [6.45, 7) is 7.75. The van der Waals surface area contributed by atoms with E-state index in [1.807, 2.05) is 0 Å². The molecule has 0 saturated heterocycles. The summed E-state index contributed by atoms with van der Waals surface area (Å²) in [5.41, 5.74) is 1.06. The number of allylic oxidation sites excluding steroid dienone is 2. The summed E-state index contributed by atoms with van der Waals surface area (Å²) in [6.07, 6.45) is 3.47. The van der Waals surface area contributed by atoms with Gasteiger partial charge in [0.25, 0.3) is 0 Å². The van der Waals surface area contributed by atoms with Crippen LogP contribution >= 0.6 is 15.9 Å². The molecule has 2 rings (SSSR count). The topological polar surface area (TPSA) is 50.4 Å². The second kappa shape index (κ2) is 8.48. The highest BCUT2D eigenvalue weighted by molar-refractivity contribution is 9.11. The summed E-state index contributed by atoms with van der Waals surface area (Å²) in [5, 5.41) is 6.29. The summed E-state index contributed by atoms with van der Waals surface area (Å²) in [5.74, 6) is -0.394. The molecule has 0 aromatic heterocycles. The molecule has 6 heteroatoms. The summed E-state index contributed by atoms with van der Waals surface area (Å²) in [4.78, 5) is 12.1. The molecule has 0 radical (unpaired) electrons. The van der Waals surface area contributed by atoms with Gasteiger partial charge in [-0.05, 0) is 29.2 Å². The number of carbonyl (C=O) groups is 1. The van der Waals surface area contributed by atoms with Crippen LogP contribution in [0.2, 0.25) is 0 Å². The first-order valence-corrected chi connectivity index (χ1v) is 8.22. The number of carbonyl (C=O) groups excluding carboxylic acids is 1. The van der Waals surface area contributed by atoms with Gasteiger partial charge in [0.05, 0.1) is 12.8 Å². The molecule has 2 aromatic rings. The van der Waals surface area contributed by atoms with Crippen molar-refractivity contribution in [2.24, 2.45) is 0 Å². The molecule has 0 aliphatic carbocycles. The molecule has 0 bridgehead atoms. The average Bonchev–Trinajstić information content (AvgIpc) is 2.58. The van der Waals surface area contributed by atoms with Gasteiger partial charge >= 0.3 is 6.03 Å². The number of fused-ring (bicyclic) bond motifs is 1. The van der Waals surface area contributed by atoms with E-state index in [9.17, 15) is 9.18 Å². The fourth-order valence-corrected chi connectivity index (χ4v) is 2.34. The van der Waals surface area contributed by atoms with Crippen LogP contribution in [0.5, 0.6) is 5.75 Å². The molecule has 0 heterocycles. The van der Waals surface area contributed by atoms with Crippen LogP contribution in [0.4, 0.5) is 14.9 Å². The van der Waals surface area contributed by atoms with E-state index in [-0.39, 0.29) is 12.3 Å². The molecule has 2 aromatic carbocycles. The maximum absolute atomic E-state index is 14.5. The standard InChI is InChI=1S/C19H18BrFN2O2/c1-12(7-8-13(2)20)11-22-19(24)23-15-6-4-5-14-9-10-16(25-3)18(21)17(14)15/h4-10H,1-2,11H2,3H3,(H2,22,23,24)/b8-7-. The smallest absolute Gasteiger partial charge is 0.319 e. The predicted octanol–water partition coefficient (Wildman–Crippen LogP) is 5.13. The van der Waals surface area contributed by atoms with Crippen LogP contribution in [0.25, 0.3) is 10.8 Å². The Morgan fingerprint density at radius 3 is 2.72 bits per heavy atom. The Bertz CT molecular complexity index is 862. The fourth-order valence-electron chi connectivity index (χ4n) is 2.21. The third kappa shape index (κ3) is 4.93. The largest absolute Gasteiger partial charge is 0.494 e. The van der Waals surface area contributed by atoms with Crippen LogP contribution in [0.3, 0.4) is 0 Å². The van der Waals surface area contributed by atoms with Gasteiger partial charge < -0.3 is 15.4 Å². The third-order valence-corrected chi connectivity index (χ3v) is 3.66. The Hall–Kier alpha value is -2.60. The van der Waals surface area contributed by atoms with Crippen molar-refractivity contribution in [3.05, 3.63) is 71.5 Å². The highest BCUT2D eigenvalue weighted by atomic mass is 79.9. The third-order valence-electron chi connectivity index (χ3n) is 3.39. The molecule has 0 unspecified atom stereocenters. The second-order valence-electron chi connectivity index (χ2n) is 5.23. The SMILES string of the molecule is C=C(Br)/C=C\C(=C)CNC(=O)Nc1cccc2ccc(OC)c(F)c12. The number of amides is 2. The summed E-state index contributed by atoms with van der Waals surface area (Å²) < 4.78 is 20.2. The zero-order chi connectivity index (χ0) is 18.4. The first kappa shape index (κ1) is 18.7. The molecule has 2 N–H and O–H groups in total. The molecule has 0 fully saturated rings. The van der Waals surface area contributed by atoms with E-state index in [2.05, 4.69) is 39.7 Å². The van der Waals surface area contributed by atoms with Crippen molar-refractivity contribution in [1.82, 2.24) is 5.32 Å². The van der Waals surface area contributed by atoms with Crippen LogP contribution in [0.1, 0.15) is 0 Å². The van der Waals surface area contributed by atoms with Gasteiger partial charge in [-0.1, -0.05) is 53.4 Å². The summed E-state index contributed by atoms with van der Waals surface area (Å²) >= 11 is 3.20. The maximum atomic E-state index is 14.5. The highest BCUT2D eigenvalue weighted by Gasteiger charge is 2.13. The van der Waals surface area contributed by atoms with Crippen molar-refractivity contribution < 1.29 is 13.9 Å². The number of nitrogens with one attached hydrogen (secondary N) is 2. The van der Waals surface area contributed by atoms with Crippen molar-refractivity contribution in [2.45, 2.75) is 0 Å². The van der Waals surface area contributed by atoms with Gasteiger partial charge in [-0.3, -0.25) is 0 Å². The molecule has 0 atom stereocenters.